The molecule has 2 aromatic carbocycles. The van der Waals surface area contributed by atoms with Gasteiger partial charge in [0.25, 0.3) is 5.56 Å². The highest BCUT2D eigenvalue weighted by molar-refractivity contribution is 7.25. The summed E-state index contributed by atoms with van der Waals surface area (Å²) in [5, 5.41) is 2.07. The van der Waals surface area contributed by atoms with Gasteiger partial charge in [0.15, 0.2) is 6.39 Å². The monoisotopic (exact) mass is 500 g/mol. The van der Waals surface area contributed by atoms with Gasteiger partial charge in [-0.25, -0.2) is 15.0 Å². The molecular weight excluding hydrogens is 484 g/mol. The van der Waals surface area contributed by atoms with Crippen molar-refractivity contribution in [2.75, 3.05) is 0 Å². The lowest BCUT2D eigenvalue weighted by molar-refractivity contribution is 0.486. The SMILES string of the molecule is O=c1c2c(nc(-c3ccc(-c4ncco4)cc3C3CC3)n1Cc1cnco1)sc1cc(Cl)ccc12. The number of rotatable bonds is 5. The van der Waals surface area contributed by atoms with E-state index >= 15 is 0 Å². The van der Waals surface area contributed by atoms with E-state index in [1.165, 1.54) is 17.7 Å². The number of aromatic nitrogens is 4. The van der Waals surface area contributed by atoms with Gasteiger partial charge < -0.3 is 8.83 Å². The van der Waals surface area contributed by atoms with E-state index in [2.05, 4.69) is 16.0 Å². The lowest BCUT2D eigenvalue weighted by atomic mass is 9.99. The van der Waals surface area contributed by atoms with E-state index in [9.17, 15) is 4.79 Å². The Morgan fingerprint density at radius 1 is 1.14 bits per heavy atom. The first-order valence-electron chi connectivity index (χ1n) is 11.2. The molecule has 0 spiro atoms. The average molecular weight is 501 g/mol. The minimum atomic E-state index is -0.117. The predicted molar refractivity (Wildman–Crippen MR) is 135 cm³/mol. The first kappa shape index (κ1) is 20.6. The molecule has 9 heteroatoms. The zero-order valence-corrected chi connectivity index (χ0v) is 19.8. The summed E-state index contributed by atoms with van der Waals surface area (Å²) in [4.78, 5) is 28.0. The molecule has 1 saturated carbocycles. The number of hydrogen-bond donors (Lipinski definition) is 0. The van der Waals surface area contributed by atoms with Crippen molar-refractivity contribution in [2.45, 2.75) is 25.3 Å². The zero-order chi connectivity index (χ0) is 23.5. The van der Waals surface area contributed by atoms with Gasteiger partial charge in [0.2, 0.25) is 5.89 Å². The van der Waals surface area contributed by atoms with Gasteiger partial charge in [-0.3, -0.25) is 9.36 Å². The summed E-state index contributed by atoms with van der Waals surface area (Å²) in [7, 11) is 0. The average Bonchev–Trinajstić information content (AvgIpc) is 3.24. The molecule has 4 aromatic heterocycles. The van der Waals surface area contributed by atoms with Crippen molar-refractivity contribution in [1.29, 1.82) is 0 Å². The van der Waals surface area contributed by atoms with Crippen LogP contribution in [0.5, 0.6) is 0 Å². The number of fused-ring (bicyclic) bond motifs is 3. The number of nitrogens with zero attached hydrogens (tertiary/aromatic N) is 4. The lowest BCUT2D eigenvalue weighted by Crippen LogP contribution is -2.24. The van der Waals surface area contributed by atoms with E-state index in [4.69, 9.17) is 25.4 Å². The lowest BCUT2D eigenvalue weighted by Gasteiger charge is -2.15. The van der Waals surface area contributed by atoms with Crippen LogP contribution < -0.4 is 5.56 Å². The van der Waals surface area contributed by atoms with E-state index in [1.54, 1.807) is 29.3 Å². The molecular formula is C26H17ClN4O3S. The van der Waals surface area contributed by atoms with Crippen molar-refractivity contribution in [2.24, 2.45) is 0 Å². The van der Waals surface area contributed by atoms with Gasteiger partial charge in [0.1, 0.15) is 22.7 Å². The second-order valence-corrected chi connectivity index (χ2v) is 10.1. The molecule has 0 bridgehead atoms. The van der Waals surface area contributed by atoms with Crippen LogP contribution in [0.1, 0.15) is 30.1 Å². The van der Waals surface area contributed by atoms with Gasteiger partial charge in [-0.2, -0.15) is 0 Å². The molecule has 7 rings (SSSR count). The van der Waals surface area contributed by atoms with Crippen LogP contribution in [0.2, 0.25) is 5.02 Å². The first-order valence-corrected chi connectivity index (χ1v) is 12.4. The third kappa shape index (κ3) is 3.48. The number of thiophene rings is 1. The molecule has 7 nitrogen and oxygen atoms in total. The summed E-state index contributed by atoms with van der Waals surface area (Å²) in [5.74, 6) is 2.17. The molecule has 1 aliphatic carbocycles. The number of halogens is 1. The van der Waals surface area contributed by atoms with E-state index in [0.717, 1.165) is 39.6 Å². The summed E-state index contributed by atoms with van der Waals surface area (Å²) >= 11 is 7.71. The Morgan fingerprint density at radius 3 is 2.83 bits per heavy atom. The molecule has 4 heterocycles. The van der Waals surface area contributed by atoms with Gasteiger partial charge in [0.05, 0.1) is 24.3 Å². The van der Waals surface area contributed by atoms with Crippen LogP contribution in [0.4, 0.5) is 0 Å². The first-order chi connectivity index (χ1) is 17.2. The number of benzene rings is 2. The third-order valence-corrected chi connectivity index (χ3v) is 7.62. The highest BCUT2D eigenvalue weighted by Crippen LogP contribution is 2.46. The molecule has 1 aliphatic rings. The minimum Gasteiger partial charge on any atom is -0.447 e. The smallest absolute Gasteiger partial charge is 0.263 e. The molecule has 0 unspecified atom stereocenters. The van der Waals surface area contributed by atoms with E-state index < -0.39 is 0 Å². The fraction of sp³-hybridized carbons (Fsp3) is 0.154. The van der Waals surface area contributed by atoms with Gasteiger partial charge in [-0.15, -0.1) is 11.3 Å². The highest BCUT2D eigenvalue weighted by Gasteiger charge is 2.29. The summed E-state index contributed by atoms with van der Waals surface area (Å²) in [6.07, 6.45) is 8.39. The Hall–Kier alpha value is -3.75. The Kier molecular flexibility index (Phi) is 4.65. The fourth-order valence-electron chi connectivity index (χ4n) is 4.56. The Bertz CT molecular complexity index is 1770. The quantitative estimate of drug-likeness (QED) is 0.268. The summed E-state index contributed by atoms with van der Waals surface area (Å²) in [6.45, 7) is 0.230. The highest BCUT2D eigenvalue weighted by atomic mass is 35.5. The number of hydrogen-bond acceptors (Lipinski definition) is 7. The standard InChI is InChI=1S/C26H17ClN4O3S/c27-16-4-6-19-21(10-16)35-25-22(19)26(32)31(12-17-11-28-13-34-17)23(30-25)18-5-3-15(24-29-7-8-33-24)9-20(18)14-1-2-14/h3-11,13-14H,1-2,12H2. The van der Waals surface area contributed by atoms with Crippen molar-refractivity contribution in [3.63, 3.8) is 0 Å². The van der Waals surface area contributed by atoms with Crippen molar-refractivity contribution >= 4 is 43.2 Å². The van der Waals surface area contributed by atoms with E-state index in [0.29, 0.717) is 38.6 Å². The summed E-state index contributed by atoms with van der Waals surface area (Å²) in [5.41, 5.74) is 2.86. The summed E-state index contributed by atoms with van der Waals surface area (Å²) < 4.78 is 13.7. The maximum Gasteiger partial charge on any atom is 0.263 e. The van der Waals surface area contributed by atoms with Crippen LogP contribution in [0.3, 0.4) is 0 Å². The molecule has 0 atom stereocenters. The molecule has 0 saturated heterocycles. The van der Waals surface area contributed by atoms with Gasteiger partial charge in [0, 0.05) is 26.2 Å². The molecule has 6 aromatic rings. The summed E-state index contributed by atoms with van der Waals surface area (Å²) in [6, 6.07) is 11.7. The molecule has 0 amide bonds. The van der Waals surface area contributed by atoms with Gasteiger partial charge in [-0.1, -0.05) is 23.7 Å². The topological polar surface area (TPSA) is 87.0 Å². The number of oxazole rings is 2. The van der Waals surface area contributed by atoms with Crippen LogP contribution >= 0.6 is 22.9 Å². The zero-order valence-electron chi connectivity index (χ0n) is 18.3. The van der Waals surface area contributed by atoms with Crippen LogP contribution in [0.15, 0.2) is 75.1 Å². The normalized spacial score (nSPS) is 13.7. The maximum absolute atomic E-state index is 14.0. The second kappa shape index (κ2) is 7.90. The van der Waals surface area contributed by atoms with Crippen molar-refractivity contribution in [3.8, 4) is 22.8 Å². The van der Waals surface area contributed by atoms with E-state index in [-0.39, 0.29) is 12.1 Å². The van der Waals surface area contributed by atoms with Crippen LogP contribution in [0, 0.1) is 0 Å². The Balaban J connectivity index is 1.51. The Labute approximate surface area is 207 Å². The molecule has 172 valence electrons. The van der Waals surface area contributed by atoms with Crippen LogP contribution in [0.25, 0.3) is 43.1 Å². The molecule has 35 heavy (non-hydrogen) atoms. The van der Waals surface area contributed by atoms with Gasteiger partial charge in [-0.05, 0) is 48.6 Å². The minimum absolute atomic E-state index is 0.117. The predicted octanol–water partition coefficient (Wildman–Crippen LogP) is 6.50. The van der Waals surface area contributed by atoms with Crippen molar-refractivity contribution in [3.05, 3.63) is 88.1 Å². The molecule has 0 aliphatic heterocycles. The fourth-order valence-corrected chi connectivity index (χ4v) is 5.90. The Morgan fingerprint density at radius 2 is 2.06 bits per heavy atom. The maximum atomic E-state index is 14.0. The van der Waals surface area contributed by atoms with Crippen molar-refractivity contribution in [1.82, 2.24) is 19.5 Å². The van der Waals surface area contributed by atoms with Crippen LogP contribution in [-0.4, -0.2) is 19.5 Å². The third-order valence-electron chi connectivity index (χ3n) is 6.34. The molecule has 1 fully saturated rings. The molecule has 0 N–H and O–H groups in total. The second-order valence-electron chi connectivity index (χ2n) is 8.63. The van der Waals surface area contributed by atoms with Crippen molar-refractivity contribution < 1.29 is 8.83 Å². The van der Waals surface area contributed by atoms with E-state index in [1.807, 2.05) is 24.3 Å². The largest absolute Gasteiger partial charge is 0.447 e. The van der Waals surface area contributed by atoms with Crippen LogP contribution in [-0.2, 0) is 6.54 Å². The molecule has 0 radical (unpaired) electrons. The van der Waals surface area contributed by atoms with Gasteiger partial charge >= 0.3 is 0 Å².